The SMILES string of the molecule is CCN(Cc1cccc2c1OCCO2)C(=O)Cc1coc2cc(C)ccc12. The average molecular weight is 365 g/mol. The normalized spacial score (nSPS) is 13.0. The van der Waals surface area contributed by atoms with Crippen LogP contribution in [0.25, 0.3) is 11.0 Å². The van der Waals surface area contributed by atoms with Crippen LogP contribution in [-0.4, -0.2) is 30.6 Å². The van der Waals surface area contributed by atoms with E-state index in [2.05, 4.69) is 0 Å². The summed E-state index contributed by atoms with van der Waals surface area (Å²) in [4.78, 5) is 14.8. The minimum atomic E-state index is 0.0649. The zero-order valence-corrected chi connectivity index (χ0v) is 15.7. The van der Waals surface area contributed by atoms with Gasteiger partial charge in [-0.25, -0.2) is 0 Å². The van der Waals surface area contributed by atoms with Gasteiger partial charge in [0.2, 0.25) is 5.91 Å². The molecule has 0 atom stereocenters. The number of ether oxygens (including phenoxy) is 2. The van der Waals surface area contributed by atoms with Gasteiger partial charge in [-0.3, -0.25) is 4.79 Å². The Labute approximate surface area is 158 Å². The third-order valence-electron chi connectivity index (χ3n) is 4.90. The van der Waals surface area contributed by atoms with Crippen LogP contribution >= 0.6 is 0 Å². The van der Waals surface area contributed by atoms with E-state index in [4.69, 9.17) is 13.9 Å². The topological polar surface area (TPSA) is 51.9 Å². The molecule has 140 valence electrons. The summed E-state index contributed by atoms with van der Waals surface area (Å²) >= 11 is 0. The maximum atomic E-state index is 12.9. The summed E-state index contributed by atoms with van der Waals surface area (Å²) in [7, 11) is 0. The lowest BCUT2D eigenvalue weighted by Gasteiger charge is -2.25. The highest BCUT2D eigenvalue weighted by atomic mass is 16.6. The van der Waals surface area contributed by atoms with Crippen LogP contribution in [-0.2, 0) is 17.8 Å². The Morgan fingerprint density at radius 2 is 1.96 bits per heavy atom. The van der Waals surface area contributed by atoms with Gasteiger partial charge >= 0.3 is 0 Å². The lowest BCUT2D eigenvalue weighted by molar-refractivity contribution is -0.130. The van der Waals surface area contributed by atoms with E-state index in [1.54, 1.807) is 6.26 Å². The second kappa shape index (κ2) is 7.35. The molecule has 1 aromatic heterocycles. The maximum Gasteiger partial charge on any atom is 0.227 e. The van der Waals surface area contributed by atoms with E-state index in [1.165, 1.54) is 0 Å². The van der Waals surface area contributed by atoms with E-state index in [9.17, 15) is 4.79 Å². The number of carbonyl (C=O) groups is 1. The van der Waals surface area contributed by atoms with Crippen molar-refractivity contribution in [2.75, 3.05) is 19.8 Å². The number of fused-ring (bicyclic) bond motifs is 2. The molecule has 0 saturated carbocycles. The Morgan fingerprint density at radius 3 is 2.81 bits per heavy atom. The summed E-state index contributed by atoms with van der Waals surface area (Å²) in [6.45, 7) is 6.22. The summed E-state index contributed by atoms with van der Waals surface area (Å²) < 4.78 is 17.0. The highest BCUT2D eigenvalue weighted by molar-refractivity contribution is 5.88. The van der Waals surface area contributed by atoms with Crippen LogP contribution in [0.5, 0.6) is 11.5 Å². The number of carbonyl (C=O) groups excluding carboxylic acids is 1. The van der Waals surface area contributed by atoms with Gasteiger partial charge in [0.25, 0.3) is 0 Å². The number of rotatable bonds is 5. The van der Waals surface area contributed by atoms with E-state index >= 15 is 0 Å². The van der Waals surface area contributed by atoms with Gasteiger partial charge in [-0.1, -0.05) is 24.3 Å². The summed E-state index contributed by atoms with van der Waals surface area (Å²) in [5, 5.41) is 0.999. The van der Waals surface area contributed by atoms with Crippen LogP contribution in [0.15, 0.2) is 47.1 Å². The molecule has 27 heavy (non-hydrogen) atoms. The Morgan fingerprint density at radius 1 is 1.11 bits per heavy atom. The van der Waals surface area contributed by atoms with Crippen molar-refractivity contribution in [3.63, 3.8) is 0 Å². The van der Waals surface area contributed by atoms with Crippen LogP contribution in [0.3, 0.4) is 0 Å². The molecule has 3 aromatic rings. The number of furan rings is 1. The molecule has 0 aliphatic carbocycles. The quantitative estimate of drug-likeness (QED) is 0.683. The minimum Gasteiger partial charge on any atom is -0.486 e. The molecule has 4 rings (SSSR count). The van der Waals surface area contributed by atoms with Gasteiger partial charge in [-0.05, 0) is 31.5 Å². The van der Waals surface area contributed by atoms with Crippen LogP contribution in [0, 0.1) is 6.92 Å². The molecule has 1 aliphatic heterocycles. The molecule has 2 aromatic carbocycles. The molecule has 0 fully saturated rings. The average Bonchev–Trinajstić information content (AvgIpc) is 3.07. The lowest BCUT2D eigenvalue weighted by Crippen LogP contribution is -2.32. The Balaban J connectivity index is 1.53. The number of amides is 1. The zero-order chi connectivity index (χ0) is 18.8. The summed E-state index contributed by atoms with van der Waals surface area (Å²) in [5.41, 5.74) is 3.85. The first-order chi connectivity index (χ1) is 13.2. The van der Waals surface area contributed by atoms with Crippen LogP contribution in [0.4, 0.5) is 0 Å². The molecular weight excluding hydrogens is 342 g/mol. The molecule has 1 aliphatic rings. The molecule has 2 heterocycles. The highest BCUT2D eigenvalue weighted by Gasteiger charge is 2.20. The molecule has 0 radical (unpaired) electrons. The van der Waals surface area contributed by atoms with E-state index in [0.717, 1.165) is 39.2 Å². The van der Waals surface area contributed by atoms with E-state index in [1.807, 2.05) is 55.1 Å². The van der Waals surface area contributed by atoms with E-state index < -0.39 is 0 Å². The van der Waals surface area contributed by atoms with Gasteiger partial charge in [0.05, 0.1) is 12.7 Å². The molecule has 0 unspecified atom stereocenters. The molecule has 5 heteroatoms. The number of likely N-dealkylation sites (N-methyl/N-ethyl adjacent to an activating group) is 1. The van der Waals surface area contributed by atoms with Crippen molar-refractivity contribution in [2.45, 2.75) is 26.8 Å². The molecule has 5 nitrogen and oxygen atoms in total. The van der Waals surface area contributed by atoms with E-state index in [-0.39, 0.29) is 5.91 Å². The number of benzene rings is 2. The van der Waals surface area contributed by atoms with Crippen molar-refractivity contribution >= 4 is 16.9 Å². The molecular formula is C22H23NO4. The lowest BCUT2D eigenvalue weighted by atomic mass is 10.1. The number of aryl methyl sites for hydroxylation is 1. The van der Waals surface area contributed by atoms with Crippen molar-refractivity contribution < 1.29 is 18.7 Å². The standard InChI is InChI=1S/C22H23NO4/c1-3-23(13-16-5-4-6-19-22(16)26-10-9-25-19)21(24)12-17-14-27-20-11-15(2)7-8-18(17)20/h4-8,11,14H,3,9-10,12-13H2,1-2H3. The first-order valence-corrected chi connectivity index (χ1v) is 9.27. The second-order valence-corrected chi connectivity index (χ2v) is 6.79. The maximum absolute atomic E-state index is 12.9. The number of hydrogen-bond donors (Lipinski definition) is 0. The fourth-order valence-electron chi connectivity index (χ4n) is 3.44. The monoisotopic (exact) mass is 365 g/mol. The van der Waals surface area contributed by atoms with Gasteiger partial charge in [0, 0.05) is 29.6 Å². The largest absolute Gasteiger partial charge is 0.486 e. The predicted octanol–water partition coefficient (Wildman–Crippen LogP) is 4.10. The van der Waals surface area contributed by atoms with Crippen LogP contribution in [0.1, 0.15) is 23.6 Å². The first-order valence-electron chi connectivity index (χ1n) is 9.27. The van der Waals surface area contributed by atoms with Gasteiger partial charge in [0.15, 0.2) is 11.5 Å². The molecule has 0 bridgehead atoms. The third kappa shape index (κ3) is 3.50. The van der Waals surface area contributed by atoms with E-state index in [0.29, 0.717) is 32.7 Å². The van der Waals surface area contributed by atoms with Crippen LogP contribution in [0.2, 0.25) is 0 Å². The van der Waals surface area contributed by atoms with Crippen molar-refractivity contribution in [1.82, 2.24) is 4.90 Å². The van der Waals surface area contributed by atoms with Crippen molar-refractivity contribution in [1.29, 1.82) is 0 Å². The molecule has 0 spiro atoms. The van der Waals surface area contributed by atoms with Crippen molar-refractivity contribution in [2.24, 2.45) is 0 Å². The summed E-state index contributed by atoms with van der Waals surface area (Å²) in [5.74, 6) is 1.56. The summed E-state index contributed by atoms with van der Waals surface area (Å²) in [6, 6.07) is 11.9. The van der Waals surface area contributed by atoms with Crippen molar-refractivity contribution in [3.05, 3.63) is 59.4 Å². The Hall–Kier alpha value is -2.95. The Bertz CT molecular complexity index is 976. The van der Waals surface area contributed by atoms with Gasteiger partial charge in [-0.15, -0.1) is 0 Å². The fraction of sp³-hybridized carbons (Fsp3) is 0.318. The van der Waals surface area contributed by atoms with Gasteiger partial charge in [-0.2, -0.15) is 0 Å². The molecule has 1 amide bonds. The fourth-order valence-corrected chi connectivity index (χ4v) is 3.44. The minimum absolute atomic E-state index is 0.0649. The summed E-state index contributed by atoms with van der Waals surface area (Å²) in [6.07, 6.45) is 2.01. The second-order valence-electron chi connectivity index (χ2n) is 6.79. The Kier molecular flexibility index (Phi) is 4.75. The zero-order valence-electron chi connectivity index (χ0n) is 15.7. The molecule has 0 saturated heterocycles. The first kappa shape index (κ1) is 17.5. The predicted molar refractivity (Wildman–Crippen MR) is 103 cm³/mol. The number of nitrogens with zero attached hydrogens (tertiary/aromatic N) is 1. The van der Waals surface area contributed by atoms with Crippen LogP contribution < -0.4 is 9.47 Å². The highest BCUT2D eigenvalue weighted by Crippen LogP contribution is 2.34. The third-order valence-corrected chi connectivity index (χ3v) is 4.90. The smallest absolute Gasteiger partial charge is 0.227 e. The molecule has 0 N–H and O–H groups in total. The number of para-hydroxylation sites is 1. The van der Waals surface area contributed by atoms with Gasteiger partial charge in [0.1, 0.15) is 18.8 Å². The van der Waals surface area contributed by atoms with Gasteiger partial charge < -0.3 is 18.8 Å². The van der Waals surface area contributed by atoms with Crippen molar-refractivity contribution in [3.8, 4) is 11.5 Å². The number of hydrogen-bond acceptors (Lipinski definition) is 4.